The van der Waals surface area contributed by atoms with Crippen molar-refractivity contribution in [3.8, 4) is 11.5 Å². The van der Waals surface area contributed by atoms with Gasteiger partial charge in [-0.2, -0.15) is 0 Å². The number of halogens is 3. The summed E-state index contributed by atoms with van der Waals surface area (Å²) in [4.78, 5) is 0. The van der Waals surface area contributed by atoms with Crippen LogP contribution in [-0.2, 0) is 0 Å². The van der Waals surface area contributed by atoms with Crippen LogP contribution < -0.4 is 10.5 Å². The van der Waals surface area contributed by atoms with Crippen molar-refractivity contribution in [2.24, 2.45) is 5.73 Å². The van der Waals surface area contributed by atoms with E-state index in [1.807, 2.05) is 31.2 Å². The van der Waals surface area contributed by atoms with Crippen molar-refractivity contribution in [1.29, 1.82) is 0 Å². The van der Waals surface area contributed by atoms with Gasteiger partial charge < -0.3 is 10.5 Å². The number of rotatable bonds is 4. The maximum absolute atomic E-state index is 6.17. The molecule has 0 bridgehead atoms. The summed E-state index contributed by atoms with van der Waals surface area (Å²) < 4.78 is 6.61. The number of hydrogen-bond donors (Lipinski definition) is 1. The highest BCUT2D eigenvalue weighted by atomic mass is 79.9. The molecular weight excluding hydrogens is 361 g/mol. The Bertz CT molecular complexity index is 619. The Kier molecular flexibility index (Phi) is 5.33. The van der Waals surface area contributed by atoms with Crippen molar-refractivity contribution >= 4 is 39.1 Å². The van der Waals surface area contributed by atoms with Crippen LogP contribution >= 0.6 is 39.1 Å². The van der Waals surface area contributed by atoms with Crippen molar-refractivity contribution < 1.29 is 4.74 Å². The van der Waals surface area contributed by atoms with Crippen LogP contribution in [0, 0.1) is 0 Å². The second-order valence-electron chi connectivity index (χ2n) is 4.35. The van der Waals surface area contributed by atoms with Crippen molar-refractivity contribution in [2.75, 3.05) is 0 Å². The first-order chi connectivity index (χ1) is 9.52. The molecule has 0 heterocycles. The molecule has 0 unspecified atom stereocenters. The fourth-order valence-electron chi connectivity index (χ4n) is 1.80. The van der Waals surface area contributed by atoms with E-state index in [4.69, 9.17) is 33.7 Å². The molecule has 0 saturated carbocycles. The molecule has 20 heavy (non-hydrogen) atoms. The third-order valence-corrected chi connectivity index (χ3v) is 4.45. The molecule has 0 aliphatic heterocycles. The quantitative estimate of drug-likeness (QED) is 0.670. The molecule has 1 atom stereocenters. The summed E-state index contributed by atoms with van der Waals surface area (Å²) in [7, 11) is 0. The van der Waals surface area contributed by atoms with Crippen molar-refractivity contribution in [3.63, 3.8) is 0 Å². The molecule has 0 spiro atoms. The maximum atomic E-state index is 6.17. The zero-order valence-electron chi connectivity index (χ0n) is 10.9. The summed E-state index contributed by atoms with van der Waals surface area (Å²) in [5.74, 6) is 1.21. The minimum Gasteiger partial charge on any atom is -0.455 e. The van der Waals surface area contributed by atoms with Crippen LogP contribution in [0.25, 0.3) is 0 Å². The third-order valence-electron chi connectivity index (χ3n) is 2.95. The van der Waals surface area contributed by atoms with E-state index in [0.29, 0.717) is 21.5 Å². The van der Waals surface area contributed by atoms with E-state index in [2.05, 4.69) is 15.9 Å². The molecule has 2 rings (SSSR count). The summed E-state index contributed by atoms with van der Waals surface area (Å²) in [6, 6.07) is 11.0. The monoisotopic (exact) mass is 373 g/mol. The summed E-state index contributed by atoms with van der Waals surface area (Å²) in [5, 5.41) is 1.03. The smallest absolute Gasteiger partial charge is 0.147 e. The van der Waals surface area contributed by atoms with Gasteiger partial charge in [0.05, 0.1) is 10.0 Å². The van der Waals surface area contributed by atoms with Crippen LogP contribution in [0.5, 0.6) is 11.5 Å². The molecule has 2 nitrogen and oxygen atoms in total. The lowest BCUT2D eigenvalue weighted by Crippen LogP contribution is -2.09. The average Bonchev–Trinajstić information content (AvgIpc) is 2.44. The first kappa shape index (κ1) is 15.6. The van der Waals surface area contributed by atoms with Gasteiger partial charge in [-0.1, -0.05) is 48.3 Å². The van der Waals surface area contributed by atoms with Gasteiger partial charge in [-0.3, -0.25) is 0 Å². The molecule has 106 valence electrons. The van der Waals surface area contributed by atoms with E-state index in [1.165, 1.54) is 0 Å². The summed E-state index contributed by atoms with van der Waals surface area (Å²) in [6.07, 6.45) is 0.829. The predicted octanol–water partition coefficient (Wildman–Crippen LogP) is 5.96. The van der Waals surface area contributed by atoms with Crippen LogP contribution in [0.15, 0.2) is 40.9 Å². The maximum Gasteiger partial charge on any atom is 0.147 e. The van der Waals surface area contributed by atoms with Crippen LogP contribution in [0.2, 0.25) is 10.0 Å². The fraction of sp³-hybridized carbons (Fsp3) is 0.200. The average molecular weight is 375 g/mol. The number of hydrogen-bond acceptors (Lipinski definition) is 2. The zero-order valence-corrected chi connectivity index (χ0v) is 14.0. The van der Waals surface area contributed by atoms with Gasteiger partial charge in [0.2, 0.25) is 0 Å². The topological polar surface area (TPSA) is 35.2 Å². The summed E-state index contributed by atoms with van der Waals surface area (Å²) in [6.45, 7) is 2.03. The lowest BCUT2D eigenvalue weighted by Gasteiger charge is -2.16. The molecule has 0 saturated heterocycles. The van der Waals surface area contributed by atoms with Gasteiger partial charge >= 0.3 is 0 Å². The van der Waals surface area contributed by atoms with Gasteiger partial charge in [-0.25, -0.2) is 0 Å². The summed E-state index contributed by atoms with van der Waals surface area (Å²) >= 11 is 15.6. The van der Waals surface area contributed by atoms with E-state index >= 15 is 0 Å². The SMILES string of the molecule is CC[C@H](N)c1ccccc1Oc1cc(Cl)c(Br)cc1Cl. The standard InChI is InChI=1S/C15H14BrCl2NO/c1-2-13(19)9-5-3-4-6-14(9)20-15-8-11(17)10(16)7-12(15)18/h3-8,13H,2,19H2,1H3/t13-/m0/s1. The van der Waals surface area contributed by atoms with Gasteiger partial charge in [-0.15, -0.1) is 0 Å². The van der Waals surface area contributed by atoms with E-state index in [1.54, 1.807) is 12.1 Å². The van der Waals surface area contributed by atoms with Gasteiger partial charge in [0, 0.05) is 22.1 Å². The van der Waals surface area contributed by atoms with Crippen molar-refractivity contribution in [3.05, 3.63) is 56.5 Å². The second-order valence-corrected chi connectivity index (χ2v) is 6.02. The highest BCUT2D eigenvalue weighted by Gasteiger charge is 2.13. The molecule has 0 radical (unpaired) electrons. The lowest BCUT2D eigenvalue weighted by molar-refractivity contribution is 0.469. The number of ether oxygens (including phenoxy) is 1. The molecular formula is C15H14BrCl2NO. The lowest BCUT2D eigenvalue weighted by atomic mass is 10.0. The minimum absolute atomic E-state index is 0.0732. The van der Waals surface area contributed by atoms with Crippen LogP contribution in [0.3, 0.4) is 0 Å². The van der Waals surface area contributed by atoms with Crippen LogP contribution in [0.1, 0.15) is 24.9 Å². The third kappa shape index (κ3) is 3.47. The molecule has 0 amide bonds. The van der Waals surface area contributed by atoms with E-state index in [-0.39, 0.29) is 6.04 Å². The predicted molar refractivity (Wildman–Crippen MR) is 87.9 cm³/mol. The molecule has 0 aliphatic rings. The van der Waals surface area contributed by atoms with Crippen molar-refractivity contribution in [2.45, 2.75) is 19.4 Å². The van der Waals surface area contributed by atoms with Gasteiger partial charge in [0.1, 0.15) is 11.5 Å². The first-order valence-electron chi connectivity index (χ1n) is 6.19. The van der Waals surface area contributed by atoms with E-state index in [9.17, 15) is 0 Å². The van der Waals surface area contributed by atoms with Gasteiger partial charge in [-0.05, 0) is 34.5 Å². The molecule has 0 aromatic heterocycles. The minimum atomic E-state index is -0.0732. The molecule has 2 aromatic carbocycles. The number of para-hydroxylation sites is 1. The molecule has 5 heteroatoms. The normalized spacial score (nSPS) is 12.2. The Morgan fingerprint density at radius 3 is 2.55 bits per heavy atom. The Morgan fingerprint density at radius 2 is 1.85 bits per heavy atom. The first-order valence-corrected chi connectivity index (χ1v) is 7.74. The Morgan fingerprint density at radius 1 is 1.15 bits per heavy atom. The molecule has 2 N–H and O–H groups in total. The van der Waals surface area contributed by atoms with Crippen molar-refractivity contribution in [1.82, 2.24) is 0 Å². The Hall–Kier alpha value is -0.740. The zero-order chi connectivity index (χ0) is 14.7. The van der Waals surface area contributed by atoms with Gasteiger partial charge in [0.15, 0.2) is 0 Å². The molecule has 2 aromatic rings. The van der Waals surface area contributed by atoms with Crippen LogP contribution in [0.4, 0.5) is 0 Å². The number of nitrogens with two attached hydrogens (primary N) is 1. The number of benzene rings is 2. The Balaban J connectivity index is 2.38. The largest absolute Gasteiger partial charge is 0.455 e. The second kappa shape index (κ2) is 6.81. The van der Waals surface area contributed by atoms with Gasteiger partial charge in [0.25, 0.3) is 0 Å². The summed E-state index contributed by atoms with van der Waals surface area (Å²) in [5.41, 5.74) is 7.04. The highest BCUT2D eigenvalue weighted by molar-refractivity contribution is 9.10. The van der Waals surface area contributed by atoms with Crippen LogP contribution in [-0.4, -0.2) is 0 Å². The van der Waals surface area contributed by atoms with E-state index < -0.39 is 0 Å². The fourth-order valence-corrected chi connectivity index (χ4v) is 2.63. The van der Waals surface area contributed by atoms with E-state index in [0.717, 1.165) is 16.5 Å². The Labute approximate surface area is 137 Å². The highest BCUT2D eigenvalue weighted by Crippen LogP contribution is 2.38. The molecule has 0 fully saturated rings. The molecule has 0 aliphatic carbocycles.